The van der Waals surface area contributed by atoms with Crippen LogP contribution >= 0.6 is 11.5 Å². The molecule has 0 unspecified atom stereocenters. The molecule has 5 heteroatoms. The molecule has 0 amide bonds. The summed E-state index contributed by atoms with van der Waals surface area (Å²) in [5.74, 6) is 1.12. The first-order valence-electron chi connectivity index (χ1n) is 4.38. The van der Waals surface area contributed by atoms with E-state index in [1.807, 2.05) is 0 Å². The molecule has 0 aliphatic carbocycles. The molecule has 13 heavy (non-hydrogen) atoms. The van der Waals surface area contributed by atoms with Crippen molar-refractivity contribution in [3.63, 3.8) is 0 Å². The molecule has 2 aromatic heterocycles. The maximum Gasteiger partial charge on any atom is 0.191 e. The van der Waals surface area contributed by atoms with Crippen LogP contribution in [-0.2, 0) is 13.1 Å². The Morgan fingerprint density at radius 3 is 3.38 bits per heavy atom. The molecular weight excluding hydrogens is 184 g/mol. The van der Waals surface area contributed by atoms with Crippen LogP contribution in [0.25, 0.3) is 11.2 Å². The molecule has 0 bridgehead atoms. The summed E-state index contributed by atoms with van der Waals surface area (Å²) in [6, 6.07) is 0. The molecule has 0 radical (unpaired) electrons. The average molecular weight is 194 g/mol. The first kappa shape index (κ1) is 7.46. The minimum absolute atomic E-state index is 0.875. The molecule has 2 aromatic rings. The van der Waals surface area contributed by atoms with E-state index in [0.29, 0.717) is 0 Å². The largest absolute Gasteiger partial charge is 0.323 e. The smallest absolute Gasteiger partial charge is 0.191 e. The van der Waals surface area contributed by atoms with Crippen LogP contribution in [0.3, 0.4) is 0 Å². The number of rotatable bonds is 0. The number of hydrogen-bond acceptors (Lipinski definition) is 4. The van der Waals surface area contributed by atoms with Crippen molar-refractivity contribution in [3.05, 3.63) is 10.7 Å². The summed E-state index contributed by atoms with van der Waals surface area (Å²) in [5.41, 5.74) is 2.16. The third-order valence-corrected chi connectivity index (χ3v) is 3.16. The van der Waals surface area contributed by atoms with Gasteiger partial charge in [-0.05, 0) is 18.5 Å². The van der Waals surface area contributed by atoms with Crippen molar-refractivity contribution in [1.82, 2.24) is 19.2 Å². The van der Waals surface area contributed by atoms with E-state index >= 15 is 0 Å². The molecule has 3 heterocycles. The second-order valence-electron chi connectivity index (χ2n) is 3.27. The van der Waals surface area contributed by atoms with Crippen molar-refractivity contribution in [1.29, 1.82) is 0 Å². The molecule has 1 N–H and O–H groups in total. The van der Waals surface area contributed by atoms with Crippen molar-refractivity contribution in [3.8, 4) is 0 Å². The fourth-order valence-corrected chi connectivity index (χ4v) is 2.46. The van der Waals surface area contributed by atoms with Crippen LogP contribution in [0.15, 0.2) is 0 Å². The second-order valence-corrected chi connectivity index (χ2v) is 4.24. The third-order valence-electron chi connectivity index (χ3n) is 2.43. The predicted octanol–water partition coefficient (Wildman–Crippen LogP) is 0.904. The summed E-state index contributed by atoms with van der Waals surface area (Å²) in [6.07, 6.45) is 0. The van der Waals surface area contributed by atoms with Crippen molar-refractivity contribution in [2.45, 2.75) is 20.0 Å². The van der Waals surface area contributed by atoms with Gasteiger partial charge in [0.15, 0.2) is 5.65 Å². The topological polar surface area (TPSA) is 42.7 Å². The fraction of sp³-hybridized carbons (Fsp3) is 0.500. The first-order valence-corrected chi connectivity index (χ1v) is 5.16. The quantitative estimate of drug-likeness (QED) is 0.677. The first-order chi connectivity index (χ1) is 6.36. The zero-order chi connectivity index (χ0) is 8.84. The molecule has 0 saturated heterocycles. The van der Waals surface area contributed by atoms with Gasteiger partial charge in [0.1, 0.15) is 11.3 Å². The lowest BCUT2D eigenvalue weighted by Gasteiger charge is -2.15. The molecule has 0 aromatic carbocycles. The molecule has 4 nitrogen and oxygen atoms in total. The van der Waals surface area contributed by atoms with Gasteiger partial charge in [0.2, 0.25) is 0 Å². The Labute approximate surface area is 79.8 Å². The van der Waals surface area contributed by atoms with Gasteiger partial charge in [-0.1, -0.05) is 0 Å². The molecule has 1 aliphatic rings. The Morgan fingerprint density at radius 1 is 1.54 bits per heavy atom. The number of aryl methyl sites for hydroxylation is 1. The highest BCUT2D eigenvalue weighted by molar-refractivity contribution is 7.07. The number of hydrogen-bond donors (Lipinski definition) is 1. The van der Waals surface area contributed by atoms with E-state index in [0.717, 1.165) is 31.1 Å². The number of aromatic nitrogens is 3. The highest BCUT2D eigenvalue weighted by atomic mass is 32.1. The predicted molar refractivity (Wildman–Crippen MR) is 51.8 cm³/mol. The fourth-order valence-electron chi connectivity index (χ4n) is 1.82. The van der Waals surface area contributed by atoms with Gasteiger partial charge in [-0.15, -0.1) is 0 Å². The van der Waals surface area contributed by atoms with Gasteiger partial charge >= 0.3 is 0 Å². The Bertz CT molecular complexity index is 456. The van der Waals surface area contributed by atoms with Gasteiger partial charge < -0.3 is 9.88 Å². The summed E-state index contributed by atoms with van der Waals surface area (Å²) in [7, 11) is 0. The van der Waals surface area contributed by atoms with E-state index in [2.05, 4.69) is 26.2 Å². The molecule has 1 aliphatic heterocycles. The summed E-state index contributed by atoms with van der Waals surface area (Å²) in [4.78, 5) is 5.75. The van der Waals surface area contributed by atoms with Crippen molar-refractivity contribution in [2.75, 3.05) is 6.54 Å². The highest BCUT2D eigenvalue weighted by Gasteiger charge is 2.17. The summed E-state index contributed by atoms with van der Waals surface area (Å²) < 4.78 is 6.59. The van der Waals surface area contributed by atoms with Gasteiger partial charge in [-0.3, -0.25) is 0 Å². The minimum Gasteiger partial charge on any atom is -0.323 e. The summed E-state index contributed by atoms with van der Waals surface area (Å²) >= 11 is 1.54. The number of imidazole rings is 1. The van der Waals surface area contributed by atoms with Crippen molar-refractivity contribution >= 4 is 22.7 Å². The van der Waals surface area contributed by atoms with Crippen LogP contribution < -0.4 is 5.32 Å². The van der Waals surface area contributed by atoms with Crippen molar-refractivity contribution in [2.24, 2.45) is 0 Å². The van der Waals surface area contributed by atoms with E-state index < -0.39 is 0 Å². The molecule has 0 spiro atoms. The van der Waals surface area contributed by atoms with Gasteiger partial charge in [0.25, 0.3) is 0 Å². The van der Waals surface area contributed by atoms with Crippen molar-refractivity contribution < 1.29 is 0 Å². The average Bonchev–Trinajstić information content (AvgIpc) is 2.66. The highest BCUT2D eigenvalue weighted by Crippen LogP contribution is 2.23. The molecular formula is C8H10N4S. The van der Waals surface area contributed by atoms with E-state index in [1.54, 1.807) is 11.5 Å². The SMILES string of the molecule is Cc1snc2nc3n(c12)CCNC3. The van der Waals surface area contributed by atoms with Crippen LogP contribution in [0.2, 0.25) is 0 Å². The molecule has 0 saturated carbocycles. The molecule has 68 valence electrons. The normalized spacial score (nSPS) is 16.4. The van der Waals surface area contributed by atoms with E-state index in [-0.39, 0.29) is 0 Å². The van der Waals surface area contributed by atoms with E-state index in [4.69, 9.17) is 0 Å². The Kier molecular flexibility index (Phi) is 1.45. The molecule has 0 atom stereocenters. The zero-order valence-corrected chi connectivity index (χ0v) is 8.19. The Hall–Kier alpha value is -0.940. The lowest BCUT2D eigenvalue weighted by atomic mass is 10.4. The maximum atomic E-state index is 4.47. The van der Waals surface area contributed by atoms with Gasteiger partial charge in [-0.25, -0.2) is 4.98 Å². The van der Waals surface area contributed by atoms with Gasteiger partial charge in [-0.2, -0.15) is 4.37 Å². The number of nitrogens with one attached hydrogen (secondary N) is 1. The number of nitrogens with zero attached hydrogens (tertiary/aromatic N) is 3. The third kappa shape index (κ3) is 0.941. The Morgan fingerprint density at radius 2 is 2.46 bits per heavy atom. The van der Waals surface area contributed by atoms with Crippen LogP contribution in [0, 0.1) is 6.92 Å². The lowest BCUT2D eigenvalue weighted by molar-refractivity contribution is 0.514. The minimum atomic E-state index is 0.875. The van der Waals surface area contributed by atoms with Crippen LogP contribution in [0.5, 0.6) is 0 Å². The summed E-state index contributed by atoms with van der Waals surface area (Å²) in [6.45, 7) is 5.04. The Balaban J connectivity index is 2.36. The summed E-state index contributed by atoms with van der Waals surface area (Å²) in [5, 5.41) is 3.30. The zero-order valence-electron chi connectivity index (χ0n) is 7.37. The van der Waals surface area contributed by atoms with E-state index in [9.17, 15) is 0 Å². The molecule has 0 fully saturated rings. The van der Waals surface area contributed by atoms with Gasteiger partial charge in [0.05, 0.1) is 6.54 Å². The van der Waals surface area contributed by atoms with Gasteiger partial charge in [0, 0.05) is 18.0 Å². The van der Waals surface area contributed by atoms with Crippen LogP contribution in [-0.4, -0.2) is 20.5 Å². The monoisotopic (exact) mass is 194 g/mol. The van der Waals surface area contributed by atoms with Crippen LogP contribution in [0.4, 0.5) is 0 Å². The maximum absolute atomic E-state index is 4.47. The van der Waals surface area contributed by atoms with E-state index in [1.165, 1.54) is 10.4 Å². The lowest BCUT2D eigenvalue weighted by Crippen LogP contribution is -2.28. The van der Waals surface area contributed by atoms with Crippen LogP contribution in [0.1, 0.15) is 10.7 Å². The second kappa shape index (κ2) is 2.52. The number of fused-ring (bicyclic) bond motifs is 3. The molecule has 3 rings (SSSR count). The standard InChI is InChI=1S/C8H10N4S/c1-5-7-8(11-13-5)10-6-4-9-2-3-12(6)7/h9H,2-4H2,1H3.